The van der Waals surface area contributed by atoms with E-state index in [0.717, 1.165) is 38.8 Å². The van der Waals surface area contributed by atoms with E-state index in [9.17, 15) is 9.59 Å². The van der Waals surface area contributed by atoms with Crippen LogP contribution in [0.15, 0.2) is 0 Å². The molecule has 3 unspecified atom stereocenters. The van der Waals surface area contributed by atoms with Crippen LogP contribution >= 0.6 is 12.4 Å². The SMILES string of the molecule is CC(C(=O)NC1CCCCC1C(N)=O)C1CNC1.Cl. The largest absolute Gasteiger partial charge is 0.369 e. The van der Waals surface area contributed by atoms with Gasteiger partial charge in [-0.05, 0) is 31.8 Å². The molecular weight excluding hydrogens is 266 g/mol. The van der Waals surface area contributed by atoms with E-state index in [1.807, 2.05) is 6.92 Å². The van der Waals surface area contributed by atoms with Gasteiger partial charge in [0, 0.05) is 12.0 Å². The molecule has 0 radical (unpaired) electrons. The van der Waals surface area contributed by atoms with Gasteiger partial charge in [0.05, 0.1) is 5.92 Å². The number of nitrogens with two attached hydrogens (primary N) is 1. The average Bonchev–Trinajstić information content (AvgIpc) is 2.27. The predicted molar refractivity (Wildman–Crippen MR) is 75.9 cm³/mol. The summed E-state index contributed by atoms with van der Waals surface area (Å²) in [4.78, 5) is 23.5. The monoisotopic (exact) mass is 289 g/mol. The van der Waals surface area contributed by atoms with E-state index in [1.165, 1.54) is 0 Å². The zero-order valence-electron chi connectivity index (χ0n) is 11.4. The average molecular weight is 290 g/mol. The molecule has 1 saturated carbocycles. The second-order valence-electron chi connectivity index (χ2n) is 5.62. The smallest absolute Gasteiger partial charge is 0.223 e. The molecule has 0 aromatic carbocycles. The normalized spacial score (nSPS) is 28.7. The van der Waals surface area contributed by atoms with Crippen LogP contribution in [0.3, 0.4) is 0 Å². The molecule has 0 spiro atoms. The summed E-state index contributed by atoms with van der Waals surface area (Å²) < 4.78 is 0. The fourth-order valence-corrected chi connectivity index (χ4v) is 2.84. The van der Waals surface area contributed by atoms with Gasteiger partial charge in [0.1, 0.15) is 0 Å². The summed E-state index contributed by atoms with van der Waals surface area (Å²) in [6.45, 7) is 3.79. The number of carbonyl (C=O) groups is 2. The second-order valence-corrected chi connectivity index (χ2v) is 5.62. The molecule has 1 heterocycles. The lowest BCUT2D eigenvalue weighted by atomic mass is 9.82. The quantitative estimate of drug-likeness (QED) is 0.701. The maximum atomic E-state index is 12.1. The van der Waals surface area contributed by atoms with E-state index >= 15 is 0 Å². The van der Waals surface area contributed by atoms with Crippen molar-refractivity contribution in [1.82, 2.24) is 10.6 Å². The molecule has 6 heteroatoms. The maximum absolute atomic E-state index is 12.1. The Morgan fingerprint density at radius 3 is 2.42 bits per heavy atom. The Bertz CT molecular complexity index is 334. The molecule has 1 aliphatic heterocycles. The first-order chi connectivity index (χ1) is 8.59. The zero-order valence-corrected chi connectivity index (χ0v) is 12.2. The van der Waals surface area contributed by atoms with Crippen LogP contribution in [-0.4, -0.2) is 30.9 Å². The van der Waals surface area contributed by atoms with Crippen molar-refractivity contribution in [2.24, 2.45) is 23.5 Å². The van der Waals surface area contributed by atoms with E-state index in [1.54, 1.807) is 0 Å². The minimum Gasteiger partial charge on any atom is -0.369 e. The fourth-order valence-electron chi connectivity index (χ4n) is 2.84. The number of hydrogen-bond donors (Lipinski definition) is 3. The van der Waals surface area contributed by atoms with Crippen molar-refractivity contribution in [3.8, 4) is 0 Å². The molecule has 2 rings (SSSR count). The van der Waals surface area contributed by atoms with Crippen LogP contribution in [0.1, 0.15) is 32.6 Å². The van der Waals surface area contributed by atoms with Crippen LogP contribution in [0.25, 0.3) is 0 Å². The summed E-state index contributed by atoms with van der Waals surface area (Å²) in [6, 6.07) is -0.0563. The highest BCUT2D eigenvalue weighted by atomic mass is 35.5. The van der Waals surface area contributed by atoms with Gasteiger partial charge < -0.3 is 16.4 Å². The highest BCUT2D eigenvalue weighted by Crippen LogP contribution is 2.25. The van der Waals surface area contributed by atoms with Crippen LogP contribution in [0.4, 0.5) is 0 Å². The van der Waals surface area contributed by atoms with E-state index < -0.39 is 0 Å². The first kappa shape index (κ1) is 16.2. The molecule has 4 N–H and O–H groups in total. The van der Waals surface area contributed by atoms with Crippen molar-refractivity contribution in [2.75, 3.05) is 13.1 Å². The second kappa shape index (κ2) is 7.10. The van der Waals surface area contributed by atoms with Crippen molar-refractivity contribution < 1.29 is 9.59 Å². The van der Waals surface area contributed by atoms with Crippen LogP contribution in [0.5, 0.6) is 0 Å². The molecule has 110 valence electrons. The topological polar surface area (TPSA) is 84.2 Å². The summed E-state index contributed by atoms with van der Waals surface area (Å²) >= 11 is 0. The standard InChI is InChI=1S/C13H23N3O2.ClH/c1-8(9-6-15-7-9)13(18)16-11-5-3-2-4-10(11)12(14)17;/h8-11,15H,2-7H2,1H3,(H2,14,17)(H,16,18);1H. The Balaban J connectivity index is 0.00000180. The third kappa shape index (κ3) is 3.83. The number of hydrogen-bond acceptors (Lipinski definition) is 3. The lowest BCUT2D eigenvalue weighted by molar-refractivity contribution is -0.129. The summed E-state index contributed by atoms with van der Waals surface area (Å²) in [6.07, 6.45) is 3.77. The number of nitrogens with one attached hydrogen (secondary N) is 2. The molecule has 1 aliphatic carbocycles. The Morgan fingerprint density at radius 2 is 1.89 bits per heavy atom. The first-order valence-corrected chi connectivity index (χ1v) is 6.90. The molecule has 2 aliphatic rings. The van der Waals surface area contributed by atoms with Crippen LogP contribution < -0.4 is 16.4 Å². The van der Waals surface area contributed by atoms with Crippen LogP contribution in [0, 0.1) is 17.8 Å². The minimum atomic E-state index is -0.280. The minimum absolute atomic E-state index is 0. The lowest BCUT2D eigenvalue weighted by Crippen LogP contribution is -2.53. The highest BCUT2D eigenvalue weighted by molar-refractivity contribution is 5.85. The number of halogens is 1. The Labute approximate surface area is 120 Å². The summed E-state index contributed by atoms with van der Waals surface area (Å²) in [5, 5.41) is 6.21. The maximum Gasteiger partial charge on any atom is 0.223 e. The summed E-state index contributed by atoms with van der Waals surface area (Å²) in [5.74, 6) is 0.0503. The molecule has 0 bridgehead atoms. The molecule has 19 heavy (non-hydrogen) atoms. The van der Waals surface area contributed by atoms with Crippen molar-refractivity contribution >= 4 is 24.2 Å². The van der Waals surface area contributed by atoms with E-state index in [-0.39, 0.29) is 42.1 Å². The van der Waals surface area contributed by atoms with Crippen LogP contribution in [-0.2, 0) is 9.59 Å². The van der Waals surface area contributed by atoms with Crippen molar-refractivity contribution in [2.45, 2.75) is 38.6 Å². The van der Waals surface area contributed by atoms with Gasteiger partial charge in [0.15, 0.2) is 0 Å². The summed E-state index contributed by atoms with van der Waals surface area (Å²) in [7, 11) is 0. The Morgan fingerprint density at radius 1 is 1.26 bits per heavy atom. The predicted octanol–water partition coefficient (Wildman–Crippen LogP) is 0.424. The van der Waals surface area contributed by atoms with Gasteiger partial charge in [0.2, 0.25) is 11.8 Å². The summed E-state index contributed by atoms with van der Waals surface area (Å²) in [5.41, 5.74) is 5.41. The molecule has 1 saturated heterocycles. The molecule has 0 aromatic rings. The van der Waals surface area contributed by atoms with E-state index in [4.69, 9.17) is 5.73 Å². The van der Waals surface area contributed by atoms with Gasteiger partial charge in [-0.15, -0.1) is 12.4 Å². The van der Waals surface area contributed by atoms with Gasteiger partial charge in [-0.25, -0.2) is 0 Å². The van der Waals surface area contributed by atoms with Gasteiger partial charge in [0.25, 0.3) is 0 Å². The fraction of sp³-hybridized carbons (Fsp3) is 0.846. The first-order valence-electron chi connectivity index (χ1n) is 6.90. The molecule has 2 fully saturated rings. The van der Waals surface area contributed by atoms with Gasteiger partial charge in [-0.2, -0.15) is 0 Å². The molecular formula is C13H24ClN3O2. The van der Waals surface area contributed by atoms with Crippen molar-refractivity contribution in [3.05, 3.63) is 0 Å². The molecule has 2 amide bonds. The highest BCUT2D eigenvalue weighted by Gasteiger charge is 2.34. The molecule has 5 nitrogen and oxygen atoms in total. The van der Waals surface area contributed by atoms with E-state index in [2.05, 4.69) is 10.6 Å². The van der Waals surface area contributed by atoms with Gasteiger partial charge in [-0.3, -0.25) is 9.59 Å². The number of rotatable bonds is 4. The van der Waals surface area contributed by atoms with Crippen LogP contribution in [0.2, 0.25) is 0 Å². The van der Waals surface area contributed by atoms with Crippen molar-refractivity contribution in [3.63, 3.8) is 0 Å². The number of amides is 2. The third-order valence-electron chi connectivity index (χ3n) is 4.39. The Hall–Kier alpha value is -0.810. The number of primary amides is 1. The zero-order chi connectivity index (χ0) is 13.1. The Kier molecular flexibility index (Phi) is 6.07. The number of carbonyl (C=O) groups excluding carboxylic acids is 2. The lowest BCUT2D eigenvalue weighted by Gasteiger charge is -2.35. The third-order valence-corrected chi connectivity index (χ3v) is 4.39. The van der Waals surface area contributed by atoms with E-state index in [0.29, 0.717) is 5.92 Å². The van der Waals surface area contributed by atoms with Gasteiger partial charge >= 0.3 is 0 Å². The molecule has 0 aromatic heterocycles. The van der Waals surface area contributed by atoms with Crippen molar-refractivity contribution in [1.29, 1.82) is 0 Å². The molecule has 3 atom stereocenters. The van der Waals surface area contributed by atoms with Gasteiger partial charge in [-0.1, -0.05) is 19.8 Å².